The summed E-state index contributed by atoms with van der Waals surface area (Å²) in [6, 6.07) is 5.82. The molecule has 8 heteroatoms. The van der Waals surface area contributed by atoms with Gasteiger partial charge in [0.2, 0.25) is 11.8 Å². The molecule has 1 unspecified atom stereocenters. The molecule has 1 atom stereocenters. The third kappa shape index (κ3) is 6.19. The maximum Gasteiger partial charge on any atom is 0.246 e. The van der Waals surface area contributed by atoms with Crippen molar-refractivity contribution in [2.75, 3.05) is 32.8 Å². The smallest absolute Gasteiger partial charge is 0.246 e. The standard InChI is InChI=1S/C29H43N3O4.ClH/c1-2-3-7-14-32-27(33)24(19-22-8-5-4-6-9-22)30-28(34)29(32)12-15-31(16-13-29)21-23-10-11-25-26(20-23)36-18-17-35-25;/h10-11,20,22,24H,2-9,12-19,21H2,1H3,(H,30,34);1H. The van der Waals surface area contributed by atoms with Crippen molar-refractivity contribution in [1.29, 1.82) is 0 Å². The van der Waals surface area contributed by atoms with Crippen LogP contribution >= 0.6 is 12.4 Å². The summed E-state index contributed by atoms with van der Waals surface area (Å²) in [6.45, 7) is 6.47. The summed E-state index contributed by atoms with van der Waals surface area (Å²) >= 11 is 0. The van der Waals surface area contributed by atoms with Gasteiger partial charge in [0, 0.05) is 26.2 Å². The number of piperazine rings is 1. The molecular weight excluding hydrogens is 490 g/mol. The van der Waals surface area contributed by atoms with E-state index >= 15 is 0 Å². The first-order valence-electron chi connectivity index (χ1n) is 14.3. The van der Waals surface area contributed by atoms with E-state index in [0.717, 1.165) is 56.8 Å². The van der Waals surface area contributed by atoms with Gasteiger partial charge in [-0.25, -0.2) is 0 Å². The number of rotatable bonds is 8. The van der Waals surface area contributed by atoms with E-state index in [1.807, 2.05) is 11.0 Å². The predicted octanol–water partition coefficient (Wildman–Crippen LogP) is 4.70. The fourth-order valence-electron chi connectivity index (χ4n) is 6.66. The van der Waals surface area contributed by atoms with Gasteiger partial charge in [0.15, 0.2) is 11.5 Å². The lowest BCUT2D eigenvalue weighted by molar-refractivity contribution is -0.162. The second kappa shape index (κ2) is 12.7. The molecule has 1 aromatic rings. The number of hydrogen-bond donors (Lipinski definition) is 1. The molecule has 0 bridgehead atoms. The topological polar surface area (TPSA) is 71.1 Å². The number of hydrogen-bond acceptors (Lipinski definition) is 5. The average molecular weight is 534 g/mol. The number of carbonyl (C=O) groups excluding carboxylic acids is 2. The Morgan fingerprint density at radius 1 is 1.00 bits per heavy atom. The van der Waals surface area contributed by atoms with Gasteiger partial charge in [0.1, 0.15) is 24.8 Å². The minimum absolute atomic E-state index is 0. The van der Waals surface area contributed by atoms with E-state index in [-0.39, 0.29) is 30.3 Å². The Morgan fingerprint density at radius 3 is 2.46 bits per heavy atom. The zero-order valence-corrected chi connectivity index (χ0v) is 23.2. The molecule has 0 radical (unpaired) electrons. The van der Waals surface area contributed by atoms with Crippen LogP contribution in [0.25, 0.3) is 0 Å². The van der Waals surface area contributed by atoms with Gasteiger partial charge >= 0.3 is 0 Å². The minimum atomic E-state index is -0.697. The lowest BCUT2D eigenvalue weighted by atomic mass is 9.79. The van der Waals surface area contributed by atoms with Gasteiger partial charge in [-0.3, -0.25) is 14.5 Å². The monoisotopic (exact) mass is 533 g/mol. The molecule has 0 aromatic heterocycles. The Kier molecular flexibility index (Phi) is 9.62. The summed E-state index contributed by atoms with van der Waals surface area (Å²) in [4.78, 5) is 31.9. The second-order valence-corrected chi connectivity index (χ2v) is 11.2. The van der Waals surface area contributed by atoms with Crippen LogP contribution < -0.4 is 14.8 Å². The van der Waals surface area contributed by atoms with Gasteiger partial charge in [-0.2, -0.15) is 0 Å². The van der Waals surface area contributed by atoms with Crippen LogP contribution in [0.1, 0.15) is 83.1 Å². The molecule has 1 saturated carbocycles. The Morgan fingerprint density at radius 2 is 1.73 bits per heavy atom. The Hall–Kier alpha value is -1.99. The highest BCUT2D eigenvalue weighted by molar-refractivity contribution is 6.00. The fourth-order valence-corrected chi connectivity index (χ4v) is 6.66. The van der Waals surface area contributed by atoms with Crippen LogP contribution in [-0.4, -0.2) is 66.0 Å². The van der Waals surface area contributed by atoms with Gasteiger partial charge in [-0.05, 0) is 49.3 Å². The Balaban J connectivity index is 0.00000320. The van der Waals surface area contributed by atoms with Crippen molar-refractivity contribution < 1.29 is 19.1 Å². The summed E-state index contributed by atoms with van der Waals surface area (Å²) < 4.78 is 11.4. The highest BCUT2D eigenvalue weighted by atomic mass is 35.5. The number of likely N-dealkylation sites (tertiary alicyclic amines) is 1. The van der Waals surface area contributed by atoms with E-state index in [0.29, 0.717) is 38.5 Å². The van der Waals surface area contributed by atoms with E-state index in [1.54, 1.807) is 0 Å². The number of carbonyl (C=O) groups is 2. The normalized spacial score (nSPS) is 24.0. The van der Waals surface area contributed by atoms with Crippen molar-refractivity contribution in [1.82, 2.24) is 15.1 Å². The highest BCUT2D eigenvalue weighted by Gasteiger charge is 2.53. The van der Waals surface area contributed by atoms with Gasteiger partial charge in [0.25, 0.3) is 0 Å². The fraction of sp³-hybridized carbons (Fsp3) is 0.724. The number of ether oxygens (including phenoxy) is 2. The van der Waals surface area contributed by atoms with Gasteiger partial charge in [0.05, 0.1) is 0 Å². The van der Waals surface area contributed by atoms with Crippen LogP contribution in [-0.2, 0) is 16.1 Å². The number of piperidine rings is 1. The predicted molar refractivity (Wildman–Crippen MR) is 146 cm³/mol. The minimum Gasteiger partial charge on any atom is -0.486 e. The molecule has 1 aromatic carbocycles. The molecule has 2 amide bonds. The molecule has 206 valence electrons. The molecule has 7 nitrogen and oxygen atoms in total. The molecule has 2 saturated heterocycles. The maximum atomic E-state index is 13.8. The molecule has 37 heavy (non-hydrogen) atoms. The largest absolute Gasteiger partial charge is 0.486 e. The van der Waals surface area contributed by atoms with Crippen LogP contribution in [0.4, 0.5) is 0 Å². The summed E-state index contributed by atoms with van der Waals surface area (Å²) in [7, 11) is 0. The molecule has 3 fully saturated rings. The lowest BCUT2D eigenvalue weighted by Crippen LogP contribution is -2.73. The number of benzene rings is 1. The van der Waals surface area contributed by atoms with Gasteiger partial charge < -0.3 is 19.7 Å². The summed E-state index contributed by atoms with van der Waals surface area (Å²) in [6.07, 6.45) is 11.5. The van der Waals surface area contributed by atoms with Crippen LogP contribution in [0.2, 0.25) is 0 Å². The van der Waals surface area contributed by atoms with Crippen LogP contribution in [0, 0.1) is 5.92 Å². The summed E-state index contributed by atoms with van der Waals surface area (Å²) in [5.41, 5.74) is 0.490. The molecule has 3 aliphatic heterocycles. The van der Waals surface area contributed by atoms with Gasteiger partial charge in [-0.15, -0.1) is 12.4 Å². The van der Waals surface area contributed by atoms with Crippen molar-refractivity contribution in [2.45, 2.75) is 95.7 Å². The Bertz CT molecular complexity index is 928. The quantitative estimate of drug-likeness (QED) is 0.490. The van der Waals surface area contributed by atoms with E-state index < -0.39 is 5.54 Å². The highest BCUT2D eigenvalue weighted by Crippen LogP contribution is 2.37. The lowest BCUT2D eigenvalue weighted by Gasteiger charge is -2.52. The van der Waals surface area contributed by atoms with Crippen LogP contribution in [0.5, 0.6) is 11.5 Å². The number of nitrogens with zero attached hydrogens (tertiary/aromatic N) is 2. The number of halogens is 1. The van der Waals surface area contributed by atoms with Crippen molar-refractivity contribution in [3.8, 4) is 11.5 Å². The molecule has 1 N–H and O–H groups in total. The number of fused-ring (bicyclic) bond motifs is 1. The van der Waals surface area contributed by atoms with E-state index in [9.17, 15) is 9.59 Å². The molecule has 3 heterocycles. The van der Waals surface area contributed by atoms with E-state index in [1.165, 1.54) is 37.7 Å². The first kappa shape index (κ1) is 28.0. The van der Waals surface area contributed by atoms with E-state index in [4.69, 9.17) is 9.47 Å². The number of nitrogens with one attached hydrogen (secondary N) is 1. The summed E-state index contributed by atoms with van der Waals surface area (Å²) in [5.74, 6) is 2.43. The number of amides is 2. The molecule has 5 rings (SSSR count). The number of unbranched alkanes of at least 4 members (excludes halogenated alkanes) is 2. The van der Waals surface area contributed by atoms with Gasteiger partial charge in [-0.1, -0.05) is 57.9 Å². The maximum absolute atomic E-state index is 13.8. The zero-order valence-electron chi connectivity index (χ0n) is 22.3. The van der Waals surface area contributed by atoms with E-state index in [2.05, 4.69) is 29.3 Å². The molecule has 1 spiro atoms. The third-order valence-corrected chi connectivity index (χ3v) is 8.78. The molecule has 1 aliphatic carbocycles. The van der Waals surface area contributed by atoms with Crippen molar-refractivity contribution >= 4 is 24.2 Å². The first-order valence-corrected chi connectivity index (χ1v) is 14.3. The molecule has 4 aliphatic rings. The van der Waals surface area contributed by atoms with Crippen molar-refractivity contribution in [3.05, 3.63) is 23.8 Å². The molecular formula is C29H44ClN3O4. The summed E-state index contributed by atoms with van der Waals surface area (Å²) in [5, 5.41) is 3.21. The Labute approximate surface area is 228 Å². The van der Waals surface area contributed by atoms with Crippen molar-refractivity contribution in [2.24, 2.45) is 5.92 Å². The average Bonchev–Trinajstić information content (AvgIpc) is 2.91. The SMILES string of the molecule is CCCCCN1C(=O)C(CC2CCCCC2)NC(=O)C12CCN(Cc1ccc3c(c1)OCCO3)CC2.Cl. The third-order valence-electron chi connectivity index (χ3n) is 8.78. The van der Waals surface area contributed by atoms with Crippen LogP contribution in [0.15, 0.2) is 18.2 Å². The van der Waals surface area contributed by atoms with Crippen molar-refractivity contribution in [3.63, 3.8) is 0 Å². The second-order valence-electron chi connectivity index (χ2n) is 11.2. The van der Waals surface area contributed by atoms with Crippen LogP contribution in [0.3, 0.4) is 0 Å². The zero-order chi connectivity index (χ0) is 25.0. The first-order chi connectivity index (χ1) is 17.6.